The molecule has 3 heterocycles. The van der Waals surface area contributed by atoms with Gasteiger partial charge in [-0.1, -0.05) is 6.08 Å². The van der Waals surface area contributed by atoms with Gasteiger partial charge in [-0.05, 0) is 30.5 Å². The largest absolute Gasteiger partial charge is 0.490 e. The molecule has 2 atom stereocenters. The van der Waals surface area contributed by atoms with Gasteiger partial charge in [-0.15, -0.1) is 6.58 Å². The second-order valence-electron chi connectivity index (χ2n) is 6.78. The van der Waals surface area contributed by atoms with E-state index in [1.54, 1.807) is 35.3 Å². The number of ether oxygens (including phenoxy) is 1. The van der Waals surface area contributed by atoms with Gasteiger partial charge >= 0.3 is 12.1 Å². The number of hydrogen-bond donors (Lipinski definition) is 1. The van der Waals surface area contributed by atoms with E-state index in [1.165, 1.54) is 0 Å². The summed E-state index contributed by atoms with van der Waals surface area (Å²) in [4.78, 5) is 27.7. The van der Waals surface area contributed by atoms with Crippen molar-refractivity contribution in [2.24, 2.45) is 7.05 Å². The molecule has 0 unspecified atom stereocenters. The minimum absolute atomic E-state index is 0.00480. The van der Waals surface area contributed by atoms with Gasteiger partial charge in [0.1, 0.15) is 0 Å². The van der Waals surface area contributed by atoms with Gasteiger partial charge in [-0.2, -0.15) is 18.3 Å². The number of aliphatic carboxylic acids is 1. The minimum Gasteiger partial charge on any atom is -0.475 e. The van der Waals surface area contributed by atoms with Gasteiger partial charge in [0.25, 0.3) is 5.91 Å². The lowest BCUT2D eigenvalue weighted by molar-refractivity contribution is -0.192. The van der Waals surface area contributed by atoms with E-state index in [2.05, 4.69) is 16.7 Å². The Kier molecular flexibility index (Phi) is 8.31. The van der Waals surface area contributed by atoms with E-state index in [0.29, 0.717) is 18.7 Å². The van der Waals surface area contributed by atoms with E-state index in [0.717, 1.165) is 18.4 Å². The zero-order chi connectivity index (χ0) is 23.0. The number of amides is 1. The zero-order valence-corrected chi connectivity index (χ0v) is 16.8. The predicted octanol–water partition coefficient (Wildman–Crippen LogP) is 2.48. The molecule has 11 heteroatoms. The molecule has 168 valence electrons. The van der Waals surface area contributed by atoms with Gasteiger partial charge in [0.15, 0.2) is 0 Å². The van der Waals surface area contributed by atoms with Crippen LogP contribution in [0.25, 0.3) is 0 Å². The van der Waals surface area contributed by atoms with E-state index in [1.807, 2.05) is 24.3 Å². The molecule has 0 radical (unpaired) electrons. The monoisotopic (exact) mass is 440 g/mol. The lowest BCUT2D eigenvalue weighted by atomic mass is 10.0. The summed E-state index contributed by atoms with van der Waals surface area (Å²) in [5, 5.41) is 11.3. The maximum atomic E-state index is 12.9. The molecule has 0 aliphatic carbocycles. The summed E-state index contributed by atoms with van der Waals surface area (Å²) in [6.07, 6.45) is 5.34. The zero-order valence-electron chi connectivity index (χ0n) is 16.8. The molecule has 1 amide bonds. The number of pyridine rings is 1. The Balaban J connectivity index is 0.000000423. The molecule has 1 aliphatic rings. The number of rotatable bonds is 6. The molecule has 0 spiro atoms. The first kappa shape index (κ1) is 24.1. The SMILES string of the molecule is C=CCO[C@H]1CCN(C(=O)c2ccncc2)[C@H]1Cc1cnn(C)c1.O=C(O)C(F)(F)F. The first-order valence-electron chi connectivity index (χ1n) is 9.34. The highest BCUT2D eigenvalue weighted by Crippen LogP contribution is 2.26. The molecule has 31 heavy (non-hydrogen) atoms. The number of nitrogens with zero attached hydrogens (tertiary/aromatic N) is 4. The van der Waals surface area contributed by atoms with Crippen molar-refractivity contribution < 1.29 is 32.6 Å². The van der Waals surface area contributed by atoms with E-state index >= 15 is 0 Å². The van der Waals surface area contributed by atoms with Crippen LogP contribution in [0.5, 0.6) is 0 Å². The van der Waals surface area contributed by atoms with Crippen LogP contribution in [0, 0.1) is 0 Å². The van der Waals surface area contributed by atoms with Crippen molar-refractivity contribution in [3.05, 3.63) is 60.7 Å². The number of alkyl halides is 3. The number of likely N-dealkylation sites (tertiary alicyclic amines) is 1. The maximum absolute atomic E-state index is 12.9. The molecule has 8 nitrogen and oxygen atoms in total. The van der Waals surface area contributed by atoms with Crippen LogP contribution in [0.1, 0.15) is 22.3 Å². The molecule has 0 saturated carbocycles. The van der Waals surface area contributed by atoms with Crippen LogP contribution < -0.4 is 0 Å². The Labute approximate surface area is 176 Å². The van der Waals surface area contributed by atoms with Gasteiger partial charge in [-0.3, -0.25) is 14.5 Å². The summed E-state index contributed by atoms with van der Waals surface area (Å²) in [6, 6.07) is 3.50. The highest BCUT2D eigenvalue weighted by atomic mass is 19.4. The van der Waals surface area contributed by atoms with Crippen LogP contribution >= 0.6 is 0 Å². The third kappa shape index (κ3) is 6.92. The number of aryl methyl sites for hydroxylation is 1. The molecule has 2 aromatic heterocycles. The normalized spacial score (nSPS) is 18.3. The summed E-state index contributed by atoms with van der Waals surface area (Å²) >= 11 is 0. The Morgan fingerprint density at radius 2 is 2.00 bits per heavy atom. The van der Waals surface area contributed by atoms with E-state index in [9.17, 15) is 18.0 Å². The lowest BCUT2D eigenvalue weighted by Crippen LogP contribution is -2.42. The Morgan fingerprint density at radius 3 is 2.52 bits per heavy atom. The third-order valence-corrected chi connectivity index (χ3v) is 4.55. The van der Waals surface area contributed by atoms with Crippen molar-refractivity contribution in [2.45, 2.75) is 31.2 Å². The third-order valence-electron chi connectivity index (χ3n) is 4.55. The summed E-state index contributed by atoms with van der Waals surface area (Å²) in [7, 11) is 1.89. The first-order chi connectivity index (χ1) is 14.6. The van der Waals surface area contributed by atoms with Gasteiger partial charge < -0.3 is 14.7 Å². The van der Waals surface area contributed by atoms with Crippen LogP contribution in [0.4, 0.5) is 13.2 Å². The second-order valence-corrected chi connectivity index (χ2v) is 6.78. The number of aromatic nitrogens is 3. The van der Waals surface area contributed by atoms with Gasteiger partial charge in [-0.25, -0.2) is 4.79 Å². The van der Waals surface area contributed by atoms with Crippen molar-refractivity contribution in [3.8, 4) is 0 Å². The average molecular weight is 440 g/mol. The smallest absolute Gasteiger partial charge is 0.475 e. The molecular formula is C20H23F3N4O4. The molecule has 1 fully saturated rings. The summed E-state index contributed by atoms with van der Waals surface area (Å²) in [5.41, 5.74) is 1.76. The van der Waals surface area contributed by atoms with E-state index in [4.69, 9.17) is 14.6 Å². The van der Waals surface area contributed by atoms with Crippen molar-refractivity contribution in [2.75, 3.05) is 13.2 Å². The fraction of sp³-hybridized carbons (Fsp3) is 0.400. The minimum atomic E-state index is -5.08. The lowest BCUT2D eigenvalue weighted by Gasteiger charge is -2.28. The fourth-order valence-corrected chi connectivity index (χ4v) is 3.18. The van der Waals surface area contributed by atoms with Crippen LogP contribution in [0.15, 0.2) is 49.6 Å². The molecule has 0 aromatic carbocycles. The fourth-order valence-electron chi connectivity index (χ4n) is 3.18. The highest BCUT2D eigenvalue weighted by molar-refractivity contribution is 5.94. The molecule has 2 aromatic rings. The maximum Gasteiger partial charge on any atom is 0.490 e. The number of carboxylic acids is 1. The predicted molar refractivity (Wildman–Crippen MR) is 104 cm³/mol. The van der Waals surface area contributed by atoms with Gasteiger partial charge in [0.2, 0.25) is 0 Å². The molecule has 1 aliphatic heterocycles. The van der Waals surface area contributed by atoms with Crippen molar-refractivity contribution in [3.63, 3.8) is 0 Å². The standard InChI is InChI=1S/C18H22N4O2.C2HF3O2/c1-3-10-24-17-6-9-22(18(23)15-4-7-19-8-5-15)16(17)11-14-12-20-21(2)13-14;3-2(4,5)1(6)7/h3-5,7-8,12-13,16-17H,1,6,9-11H2,2H3;(H,6,7)/t16-,17-;/m0./s1. The Bertz CT molecular complexity index is 886. The topological polar surface area (TPSA) is 97.5 Å². The molecule has 0 bridgehead atoms. The quantitative estimate of drug-likeness (QED) is 0.694. The van der Waals surface area contributed by atoms with Gasteiger partial charge in [0, 0.05) is 37.7 Å². The van der Waals surface area contributed by atoms with Crippen LogP contribution in [0.3, 0.4) is 0 Å². The van der Waals surface area contributed by atoms with E-state index in [-0.39, 0.29) is 18.1 Å². The number of carbonyl (C=O) groups excluding carboxylic acids is 1. The summed E-state index contributed by atoms with van der Waals surface area (Å²) in [6.45, 7) is 4.89. The average Bonchev–Trinajstić information content (AvgIpc) is 3.32. The van der Waals surface area contributed by atoms with Crippen LogP contribution in [-0.2, 0) is 23.0 Å². The Morgan fingerprint density at radius 1 is 1.35 bits per heavy atom. The second kappa shape index (κ2) is 10.7. The first-order valence-corrected chi connectivity index (χ1v) is 9.34. The highest BCUT2D eigenvalue weighted by Gasteiger charge is 2.39. The molecule has 1 saturated heterocycles. The number of carbonyl (C=O) groups is 2. The number of carboxylic acid groups (broad SMARTS) is 1. The molecular weight excluding hydrogens is 417 g/mol. The van der Waals surface area contributed by atoms with Crippen LogP contribution in [-0.4, -0.2) is 68.1 Å². The Hall–Kier alpha value is -3.21. The van der Waals surface area contributed by atoms with Gasteiger partial charge in [0.05, 0.1) is 24.9 Å². The van der Waals surface area contributed by atoms with Crippen LogP contribution in [0.2, 0.25) is 0 Å². The summed E-state index contributed by atoms with van der Waals surface area (Å²) in [5.74, 6) is -2.73. The number of hydrogen-bond acceptors (Lipinski definition) is 5. The van der Waals surface area contributed by atoms with Crippen molar-refractivity contribution in [1.29, 1.82) is 0 Å². The van der Waals surface area contributed by atoms with Crippen molar-refractivity contribution in [1.82, 2.24) is 19.7 Å². The van der Waals surface area contributed by atoms with E-state index < -0.39 is 12.1 Å². The molecule has 1 N–H and O–H groups in total. The molecule has 3 rings (SSSR count). The summed E-state index contributed by atoms with van der Waals surface area (Å²) < 4.78 is 39.4. The number of halogens is 3. The van der Waals surface area contributed by atoms with Crippen molar-refractivity contribution >= 4 is 11.9 Å².